The molecule has 0 aliphatic carbocycles. The molecule has 0 spiro atoms. The number of piperidine rings is 1. The average molecular weight is 383 g/mol. The summed E-state index contributed by atoms with van der Waals surface area (Å²) < 4.78 is 41.3. The van der Waals surface area contributed by atoms with Crippen LogP contribution in [-0.2, 0) is 16.6 Å². The Kier molecular flexibility index (Phi) is 5.74. The van der Waals surface area contributed by atoms with Crippen LogP contribution in [0.5, 0.6) is 0 Å². The van der Waals surface area contributed by atoms with Gasteiger partial charge in [-0.15, -0.1) is 0 Å². The van der Waals surface area contributed by atoms with E-state index < -0.39 is 15.8 Å². The maximum atomic E-state index is 13.9. The average Bonchev–Trinajstić information content (AvgIpc) is 2.57. The molecule has 1 aliphatic heterocycles. The zero-order valence-corrected chi connectivity index (χ0v) is 15.2. The van der Waals surface area contributed by atoms with Crippen LogP contribution in [0.4, 0.5) is 4.39 Å². The van der Waals surface area contributed by atoms with Gasteiger partial charge in [0.05, 0.1) is 0 Å². The highest BCUT2D eigenvalue weighted by Crippen LogP contribution is 2.21. The molecule has 0 unspecified atom stereocenters. The van der Waals surface area contributed by atoms with Crippen LogP contribution in [0.2, 0.25) is 5.02 Å². The minimum atomic E-state index is -3.89. The van der Waals surface area contributed by atoms with E-state index in [1.54, 1.807) is 0 Å². The summed E-state index contributed by atoms with van der Waals surface area (Å²) in [6.45, 7) is 2.45. The number of nitrogens with one attached hydrogen (secondary N) is 1. The Morgan fingerprint density at radius 1 is 1.12 bits per heavy atom. The highest BCUT2D eigenvalue weighted by molar-refractivity contribution is 7.89. The molecule has 134 valence electrons. The van der Waals surface area contributed by atoms with Crippen molar-refractivity contribution in [3.8, 4) is 0 Å². The van der Waals surface area contributed by atoms with Crippen LogP contribution in [0.3, 0.4) is 0 Å². The molecule has 1 saturated heterocycles. The molecule has 1 heterocycles. The minimum absolute atomic E-state index is 0.172. The molecule has 0 amide bonds. The van der Waals surface area contributed by atoms with Crippen LogP contribution in [0.1, 0.15) is 18.4 Å². The van der Waals surface area contributed by atoms with Crippen LogP contribution < -0.4 is 4.72 Å². The van der Waals surface area contributed by atoms with Crippen LogP contribution >= 0.6 is 11.6 Å². The highest BCUT2D eigenvalue weighted by atomic mass is 35.5. The van der Waals surface area contributed by atoms with Crippen molar-refractivity contribution in [3.63, 3.8) is 0 Å². The zero-order valence-electron chi connectivity index (χ0n) is 13.7. The third-order valence-electron chi connectivity index (χ3n) is 4.34. The number of hydrogen-bond acceptors (Lipinski definition) is 3. The monoisotopic (exact) mass is 382 g/mol. The largest absolute Gasteiger partial charge is 0.299 e. The lowest BCUT2D eigenvalue weighted by Crippen LogP contribution is -2.44. The first-order valence-corrected chi connectivity index (χ1v) is 10.0. The van der Waals surface area contributed by atoms with Gasteiger partial charge in [0.25, 0.3) is 0 Å². The lowest BCUT2D eigenvalue weighted by Gasteiger charge is -2.32. The molecule has 1 fully saturated rings. The first kappa shape index (κ1) is 18.3. The van der Waals surface area contributed by atoms with Crippen LogP contribution in [0.25, 0.3) is 0 Å². The third-order valence-corrected chi connectivity index (χ3v) is 6.13. The summed E-state index contributed by atoms with van der Waals surface area (Å²) in [6, 6.07) is 13.6. The summed E-state index contributed by atoms with van der Waals surface area (Å²) in [5.41, 5.74) is 1.24. The van der Waals surface area contributed by atoms with Crippen LogP contribution in [0, 0.1) is 5.82 Å². The molecule has 3 rings (SSSR count). The Balaban J connectivity index is 1.58. The van der Waals surface area contributed by atoms with E-state index in [0.717, 1.165) is 25.7 Å². The van der Waals surface area contributed by atoms with Crippen LogP contribution in [0.15, 0.2) is 53.4 Å². The van der Waals surface area contributed by atoms with E-state index in [9.17, 15) is 12.8 Å². The molecule has 0 atom stereocenters. The van der Waals surface area contributed by atoms with E-state index in [-0.39, 0.29) is 16.0 Å². The van der Waals surface area contributed by atoms with E-state index in [1.807, 2.05) is 18.2 Å². The Hall–Kier alpha value is -1.47. The smallest absolute Gasteiger partial charge is 0.243 e. The summed E-state index contributed by atoms with van der Waals surface area (Å²) in [4.78, 5) is 1.94. The van der Waals surface area contributed by atoms with Crippen molar-refractivity contribution in [1.82, 2.24) is 9.62 Å². The van der Waals surface area contributed by atoms with Crippen molar-refractivity contribution in [2.75, 3.05) is 13.1 Å². The predicted octanol–water partition coefficient (Wildman–Crippen LogP) is 3.42. The van der Waals surface area contributed by atoms with Gasteiger partial charge in [-0.25, -0.2) is 17.5 Å². The Labute approximate surface area is 152 Å². The van der Waals surface area contributed by atoms with E-state index in [4.69, 9.17) is 11.6 Å². The lowest BCUT2D eigenvalue weighted by atomic mass is 10.1. The summed E-state index contributed by atoms with van der Waals surface area (Å²) in [5, 5.41) is 0.172. The van der Waals surface area contributed by atoms with Crippen molar-refractivity contribution >= 4 is 21.6 Å². The summed E-state index contributed by atoms with van der Waals surface area (Å²) >= 11 is 5.68. The molecule has 7 heteroatoms. The quantitative estimate of drug-likeness (QED) is 0.862. The number of sulfonamides is 1. The fourth-order valence-corrected chi connectivity index (χ4v) is 4.55. The van der Waals surface area contributed by atoms with Crippen molar-refractivity contribution in [3.05, 3.63) is 64.9 Å². The molecular weight excluding hydrogens is 363 g/mol. The van der Waals surface area contributed by atoms with E-state index in [0.29, 0.717) is 12.8 Å². The van der Waals surface area contributed by atoms with Crippen molar-refractivity contribution < 1.29 is 12.8 Å². The van der Waals surface area contributed by atoms with Gasteiger partial charge in [0, 0.05) is 30.7 Å². The van der Waals surface area contributed by atoms with E-state index in [2.05, 4.69) is 21.8 Å². The Morgan fingerprint density at radius 3 is 2.44 bits per heavy atom. The van der Waals surface area contributed by atoms with E-state index in [1.165, 1.54) is 17.7 Å². The number of hydrogen-bond donors (Lipinski definition) is 1. The summed E-state index contributed by atoms with van der Waals surface area (Å²) in [7, 11) is -3.89. The van der Waals surface area contributed by atoms with Crippen molar-refractivity contribution in [2.45, 2.75) is 30.3 Å². The SMILES string of the molecule is O=S(=O)(NC1CCN(Cc2ccccc2)CC1)c1ccc(Cl)cc1F. The first-order valence-electron chi connectivity index (χ1n) is 8.18. The number of halogens is 2. The molecule has 0 radical (unpaired) electrons. The zero-order chi connectivity index (χ0) is 17.9. The fourth-order valence-electron chi connectivity index (χ4n) is 3.03. The Morgan fingerprint density at radius 2 is 1.80 bits per heavy atom. The first-order chi connectivity index (χ1) is 11.9. The number of benzene rings is 2. The van der Waals surface area contributed by atoms with Gasteiger partial charge in [0.1, 0.15) is 10.7 Å². The molecule has 2 aromatic carbocycles. The van der Waals surface area contributed by atoms with E-state index >= 15 is 0 Å². The predicted molar refractivity (Wildman–Crippen MR) is 96.5 cm³/mol. The van der Waals surface area contributed by atoms with Gasteiger partial charge in [-0.1, -0.05) is 41.9 Å². The summed E-state index contributed by atoms with van der Waals surface area (Å²) in [6.07, 6.45) is 1.39. The van der Waals surface area contributed by atoms with Crippen molar-refractivity contribution in [1.29, 1.82) is 0 Å². The standard InChI is InChI=1S/C18H20ClFN2O2S/c19-15-6-7-18(17(20)12-15)25(23,24)21-16-8-10-22(11-9-16)13-14-4-2-1-3-5-14/h1-7,12,16,21H,8-11,13H2. The van der Waals surface area contributed by atoms with Gasteiger partial charge in [0.2, 0.25) is 10.0 Å². The van der Waals surface area contributed by atoms with Gasteiger partial charge >= 0.3 is 0 Å². The van der Waals surface area contributed by atoms with Gasteiger partial charge in [0.15, 0.2) is 0 Å². The summed E-state index contributed by atoms with van der Waals surface area (Å²) in [5.74, 6) is -0.832. The topological polar surface area (TPSA) is 49.4 Å². The van der Waals surface area contributed by atoms with Gasteiger partial charge in [-0.3, -0.25) is 4.90 Å². The molecule has 1 N–H and O–H groups in total. The maximum absolute atomic E-state index is 13.9. The molecular formula is C18H20ClFN2O2S. The molecule has 0 aromatic heterocycles. The molecule has 4 nitrogen and oxygen atoms in total. The minimum Gasteiger partial charge on any atom is -0.299 e. The highest BCUT2D eigenvalue weighted by Gasteiger charge is 2.26. The second kappa shape index (κ2) is 7.83. The molecule has 2 aromatic rings. The fraction of sp³-hybridized carbons (Fsp3) is 0.333. The molecule has 25 heavy (non-hydrogen) atoms. The second-order valence-corrected chi connectivity index (χ2v) is 8.35. The molecule has 1 aliphatic rings. The molecule has 0 saturated carbocycles. The number of likely N-dealkylation sites (tertiary alicyclic amines) is 1. The molecule has 0 bridgehead atoms. The van der Waals surface area contributed by atoms with Gasteiger partial charge in [-0.2, -0.15) is 0 Å². The van der Waals surface area contributed by atoms with Gasteiger partial charge < -0.3 is 0 Å². The maximum Gasteiger partial charge on any atom is 0.243 e. The second-order valence-electron chi connectivity index (χ2n) is 6.23. The normalized spacial score (nSPS) is 16.9. The Bertz CT molecular complexity index is 822. The lowest BCUT2D eigenvalue weighted by molar-refractivity contribution is 0.200. The third kappa shape index (κ3) is 4.79. The van der Waals surface area contributed by atoms with Gasteiger partial charge in [-0.05, 0) is 36.6 Å². The van der Waals surface area contributed by atoms with Crippen molar-refractivity contribution in [2.24, 2.45) is 0 Å². The number of rotatable bonds is 5. The van der Waals surface area contributed by atoms with Crippen LogP contribution in [-0.4, -0.2) is 32.4 Å². The number of nitrogens with zero attached hydrogens (tertiary/aromatic N) is 1.